The first-order chi connectivity index (χ1) is 8.74. The van der Waals surface area contributed by atoms with Crippen molar-refractivity contribution in [2.24, 2.45) is 0 Å². The summed E-state index contributed by atoms with van der Waals surface area (Å²) in [5, 5.41) is 3.31. The van der Waals surface area contributed by atoms with E-state index in [1.807, 2.05) is 0 Å². The van der Waals surface area contributed by atoms with Crippen LogP contribution in [0.5, 0.6) is 11.5 Å². The Bertz CT molecular complexity index is 444. The first-order valence-electron chi connectivity index (χ1n) is 6.54. The Labute approximate surface area is 108 Å². The van der Waals surface area contributed by atoms with Gasteiger partial charge in [-0.05, 0) is 43.7 Å². The van der Waals surface area contributed by atoms with Gasteiger partial charge >= 0.3 is 0 Å². The van der Waals surface area contributed by atoms with Gasteiger partial charge in [-0.1, -0.05) is 0 Å². The zero-order chi connectivity index (χ0) is 12.5. The Balaban J connectivity index is 1.65. The summed E-state index contributed by atoms with van der Waals surface area (Å²) in [7, 11) is 2.20. The summed E-state index contributed by atoms with van der Waals surface area (Å²) in [5.41, 5.74) is 2.65. The molecule has 1 aromatic carbocycles. The third kappa shape index (κ3) is 2.18. The number of likely N-dealkylation sites (N-methyl/N-ethyl adjacent to an activating group) is 1. The summed E-state index contributed by atoms with van der Waals surface area (Å²) in [4.78, 5) is 2.43. The fraction of sp³-hybridized carbons (Fsp3) is 0.571. The van der Waals surface area contributed by atoms with Crippen LogP contribution in [0, 0.1) is 6.92 Å². The number of nitrogens with one attached hydrogen (secondary N) is 1. The van der Waals surface area contributed by atoms with Gasteiger partial charge in [-0.3, -0.25) is 0 Å². The second-order valence-corrected chi connectivity index (χ2v) is 5.17. The fourth-order valence-electron chi connectivity index (χ4n) is 2.42. The Morgan fingerprint density at radius 2 is 2.00 bits per heavy atom. The number of rotatable bonds is 4. The highest BCUT2D eigenvalue weighted by Crippen LogP contribution is 2.34. The topological polar surface area (TPSA) is 33.7 Å². The van der Waals surface area contributed by atoms with Gasteiger partial charge in [-0.2, -0.15) is 0 Å². The largest absolute Gasteiger partial charge is 0.454 e. The van der Waals surface area contributed by atoms with Crippen molar-refractivity contribution < 1.29 is 9.47 Å². The maximum absolute atomic E-state index is 5.43. The van der Waals surface area contributed by atoms with Gasteiger partial charge in [0.2, 0.25) is 6.79 Å². The maximum Gasteiger partial charge on any atom is 0.231 e. The molecule has 2 heterocycles. The lowest BCUT2D eigenvalue weighted by atomic mass is 10.0. The number of aryl methyl sites for hydroxylation is 1. The van der Waals surface area contributed by atoms with Crippen LogP contribution in [0.1, 0.15) is 11.1 Å². The van der Waals surface area contributed by atoms with Crippen LogP contribution in [0.4, 0.5) is 0 Å². The molecule has 0 radical (unpaired) electrons. The minimum absolute atomic E-state index is 0.353. The average Bonchev–Trinajstić information content (AvgIpc) is 2.70. The van der Waals surface area contributed by atoms with E-state index < -0.39 is 0 Å². The summed E-state index contributed by atoms with van der Waals surface area (Å²) in [5.74, 6) is 1.77. The SMILES string of the molecule is Cc1cc2c(cc1CCN(C)C1CNC1)OCO2. The molecule has 18 heavy (non-hydrogen) atoms. The first-order valence-corrected chi connectivity index (χ1v) is 6.54. The number of fused-ring (bicyclic) bond motifs is 1. The zero-order valence-electron chi connectivity index (χ0n) is 11.0. The Morgan fingerprint density at radius 3 is 2.67 bits per heavy atom. The van der Waals surface area contributed by atoms with Crippen molar-refractivity contribution in [3.05, 3.63) is 23.3 Å². The average molecular weight is 248 g/mol. The molecule has 0 aliphatic carbocycles. The monoisotopic (exact) mass is 248 g/mol. The molecule has 0 aromatic heterocycles. The molecule has 0 bridgehead atoms. The van der Waals surface area contributed by atoms with E-state index in [1.165, 1.54) is 11.1 Å². The van der Waals surface area contributed by atoms with Crippen LogP contribution in [0.3, 0.4) is 0 Å². The van der Waals surface area contributed by atoms with Crippen molar-refractivity contribution in [1.82, 2.24) is 10.2 Å². The standard InChI is InChI=1S/C14H20N2O2/c1-10-5-13-14(18-9-17-13)6-11(10)3-4-16(2)12-7-15-8-12/h5-6,12,15H,3-4,7-9H2,1-2H3. The molecule has 3 rings (SSSR count). The predicted octanol–water partition coefficient (Wildman–Crippen LogP) is 1.17. The quantitative estimate of drug-likeness (QED) is 0.867. The zero-order valence-corrected chi connectivity index (χ0v) is 11.0. The van der Waals surface area contributed by atoms with Crippen LogP contribution < -0.4 is 14.8 Å². The van der Waals surface area contributed by atoms with Gasteiger partial charge in [0.15, 0.2) is 11.5 Å². The molecular weight excluding hydrogens is 228 g/mol. The number of ether oxygens (including phenoxy) is 2. The van der Waals surface area contributed by atoms with Crippen LogP contribution in [-0.2, 0) is 6.42 Å². The molecule has 0 unspecified atom stereocenters. The van der Waals surface area contributed by atoms with Gasteiger partial charge in [0.1, 0.15) is 0 Å². The molecule has 2 aliphatic heterocycles. The highest BCUT2D eigenvalue weighted by molar-refractivity contribution is 5.48. The molecule has 4 heteroatoms. The van der Waals surface area contributed by atoms with E-state index in [1.54, 1.807) is 0 Å². The Kier molecular flexibility index (Phi) is 3.14. The van der Waals surface area contributed by atoms with Gasteiger partial charge in [-0.25, -0.2) is 0 Å². The molecule has 0 amide bonds. The third-order valence-corrected chi connectivity index (χ3v) is 3.95. The molecule has 1 saturated heterocycles. The number of hydrogen-bond donors (Lipinski definition) is 1. The lowest BCUT2D eigenvalue weighted by Crippen LogP contribution is -2.56. The second kappa shape index (κ2) is 4.78. The van der Waals surface area contributed by atoms with E-state index in [0.717, 1.165) is 37.6 Å². The van der Waals surface area contributed by atoms with Crippen molar-refractivity contribution in [3.63, 3.8) is 0 Å². The van der Waals surface area contributed by atoms with E-state index in [4.69, 9.17) is 9.47 Å². The second-order valence-electron chi connectivity index (χ2n) is 5.17. The minimum atomic E-state index is 0.353. The van der Waals surface area contributed by atoms with Crippen molar-refractivity contribution in [1.29, 1.82) is 0 Å². The summed E-state index contributed by atoms with van der Waals surface area (Å²) in [6.45, 7) is 5.83. The van der Waals surface area contributed by atoms with Crippen molar-refractivity contribution >= 4 is 0 Å². The van der Waals surface area contributed by atoms with Crippen LogP contribution in [0.15, 0.2) is 12.1 Å². The molecule has 1 N–H and O–H groups in total. The normalized spacial score (nSPS) is 18.2. The van der Waals surface area contributed by atoms with E-state index in [9.17, 15) is 0 Å². The van der Waals surface area contributed by atoms with Gasteiger partial charge in [0.05, 0.1) is 0 Å². The third-order valence-electron chi connectivity index (χ3n) is 3.95. The molecular formula is C14H20N2O2. The lowest BCUT2D eigenvalue weighted by molar-refractivity contribution is 0.173. The van der Waals surface area contributed by atoms with Crippen molar-refractivity contribution in [2.75, 3.05) is 33.5 Å². The molecule has 1 fully saturated rings. The fourth-order valence-corrected chi connectivity index (χ4v) is 2.42. The highest BCUT2D eigenvalue weighted by Gasteiger charge is 2.21. The molecule has 1 aromatic rings. The minimum Gasteiger partial charge on any atom is -0.454 e. The Hall–Kier alpha value is -1.26. The summed E-state index contributed by atoms with van der Waals surface area (Å²) >= 11 is 0. The summed E-state index contributed by atoms with van der Waals surface area (Å²) in [6, 6.07) is 4.92. The van der Waals surface area contributed by atoms with Crippen molar-refractivity contribution in [3.8, 4) is 11.5 Å². The van der Waals surface area contributed by atoms with Gasteiger partial charge in [-0.15, -0.1) is 0 Å². The van der Waals surface area contributed by atoms with Crippen LogP contribution >= 0.6 is 0 Å². The number of hydrogen-bond acceptors (Lipinski definition) is 4. The predicted molar refractivity (Wildman–Crippen MR) is 70.3 cm³/mol. The van der Waals surface area contributed by atoms with Gasteiger partial charge in [0, 0.05) is 25.7 Å². The molecule has 4 nitrogen and oxygen atoms in total. The molecule has 0 saturated carbocycles. The molecule has 98 valence electrons. The summed E-state index contributed by atoms with van der Waals surface area (Å²) in [6.07, 6.45) is 1.06. The van der Waals surface area contributed by atoms with Crippen LogP contribution in [0.2, 0.25) is 0 Å². The van der Waals surface area contributed by atoms with E-state index in [0.29, 0.717) is 12.8 Å². The maximum atomic E-state index is 5.43. The summed E-state index contributed by atoms with van der Waals surface area (Å²) < 4.78 is 10.8. The van der Waals surface area contributed by atoms with E-state index in [2.05, 4.69) is 36.3 Å². The molecule has 2 aliphatic rings. The van der Waals surface area contributed by atoms with Crippen molar-refractivity contribution in [2.45, 2.75) is 19.4 Å². The van der Waals surface area contributed by atoms with Crippen LogP contribution in [-0.4, -0.2) is 44.4 Å². The van der Waals surface area contributed by atoms with E-state index in [-0.39, 0.29) is 0 Å². The lowest BCUT2D eigenvalue weighted by Gasteiger charge is -2.35. The smallest absolute Gasteiger partial charge is 0.231 e. The molecule has 0 atom stereocenters. The Morgan fingerprint density at radius 1 is 1.28 bits per heavy atom. The van der Waals surface area contributed by atoms with E-state index >= 15 is 0 Å². The van der Waals surface area contributed by atoms with Gasteiger partial charge in [0.25, 0.3) is 0 Å². The molecule has 0 spiro atoms. The number of nitrogens with zero attached hydrogens (tertiary/aromatic N) is 1. The van der Waals surface area contributed by atoms with Gasteiger partial charge < -0.3 is 19.7 Å². The van der Waals surface area contributed by atoms with Crippen LogP contribution in [0.25, 0.3) is 0 Å². The number of benzene rings is 1. The first kappa shape index (κ1) is 11.8. The highest BCUT2D eigenvalue weighted by atomic mass is 16.7.